The lowest BCUT2D eigenvalue weighted by atomic mass is 9.61. The van der Waals surface area contributed by atoms with E-state index >= 15 is 0 Å². The standard InChI is InChI=1S/C15H25N3O3/c1-10-12(17-14(21)18(4)9-5-8-16)7-6-11(13(19)20)15(10,2)3/h10-12H,5-7,9H2,1-4H3,(H,17,21)(H,19,20). The summed E-state index contributed by atoms with van der Waals surface area (Å²) < 4.78 is 0. The van der Waals surface area contributed by atoms with Crippen LogP contribution in [0.1, 0.15) is 40.0 Å². The summed E-state index contributed by atoms with van der Waals surface area (Å²) in [4.78, 5) is 24.9. The van der Waals surface area contributed by atoms with E-state index in [0.717, 1.165) is 0 Å². The van der Waals surface area contributed by atoms with E-state index in [1.807, 2.05) is 26.8 Å². The maximum Gasteiger partial charge on any atom is 0.317 e. The fraction of sp³-hybridized carbons (Fsp3) is 0.800. The second-order valence-corrected chi connectivity index (χ2v) is 6.46. The second kappa shape index (κ2) is 6.79. The quantitative estimate of drug-likeness (QED) is 0.830. The molecule has 0 spiro atoms. The van der Waals surface area contributed by atoms with Gasteiger partial charge in [-0.3, -0.25) is 4.79 Å². The minimum atomic E-state index is -0.761. The summed E-state index contributed by atoms with van der Waals surface area (Å²) in [6.45, 7) is 6.29. The molecule has 2 amide bonds. The number of amides is 2. The minimum Gasteiger partial charge on any atom is -0.481 e. The minimum absolute atomic E-state index is 0.0346. The van der Waals surface area contributed by atoms with Crippen molar-refractivity contribution in [1.29, 1.82) is 5.26 Å². The topological polar surface area (TPSA) is 93.4 Å². The molecule has 0 radical (unpaired) electrons. The van der Waals surface area contributed by atoms with Crippen LogP contribution in [0.15, 0.2) is 0 Å². The Morgan fingerprint density at radius 2 is 2.05 bits per heavy atom. The van der Waals surface area contributed by atoms with Crippen molar-refractivity contribution in [2.75, 3.05) is 13.6 Å². The number of rotatable bonds is 4. The third-order valence-corrected chi connectivity index (χ3v) is 4.95. The van der Waals surface area contributed by atoms with Crippen LogP contribution >= 0.6 is 0 Å². The van der Waals surface area contributed by atoms with Crippen LogP contribution in [0.3, 0.4) is 0 Å². The Morgan fingerprint density at radius 1 is 1.43 bits per heavy atom. The third kappa shape index (κ3) is 3.87. The lowest BCUT2D eigenvalue weighted by Gasteiger charge is -2.46. The molecule has 118 valence electrons. The van der Waals surface area contributed by atoms with Crippen LogP contribution in [-0.4, -0.2) is 41.6 Å². The molecule has 6 heteroatoms. The number of nitrogens with one attached hydrogen (secondary N) is 1. The molecule has 1 aliphatic carbocycles. The number of nitriles is 1. The Bertz CT molecular complexity index is 442. The van der Waals surface area contributed by atoms with Crippen molar-refractivity contribution >= 4 is 12.0 Å². The number of nitrogens with zero attached hydrogens (tertiary/aromatic N) is 2. The molecule has 0 aromatic heterocycles. The summed E-state index contributed by atoms with van der Waals surface area (Å²) in [7, 11) is 1.66. The van der Waals surface area contributed by atoms with Gasteiger partial charge in [-0.05, 0) is 24.2 Å². The van der Waals surface area contributed by atoms with Gasteiger partial charge in [-0.2, -0.15) is 5.26 Å². The Balaban J connectivity index is 2.68. The van der Waals surface area contributed by atoms with Crippen molar-refractivity contribution in [2.45, 2.75) is 46.1 Å². The number of aliphatic carboxylic acids is 1. The molecular weight excluding hydrogens is 270 g/mol. The molecule has 1 fully saturated rings. The van der Waals surface area contributed by atoms with Gasteiger partial charge in [0.1, 0.15) is 0 Å². The fourth-order valence-corrected chi connectivity index (χ4v) is 3.03. The van der Waals surface area contributed by atoms with Gasteiger partial charge in [-0.1, -0.05) is 20.8 Å². The third-order valence-electron chi connectivity index (χ3n) is 4.95. The van der Waals surface area contributed by atoms with Crippen LogP contribution in [0, 0.1) is 28.6 Å². The van der Waals surface area contributed by atoms with Crippen molar-refractivity contribution in [3.8, 4) is 6.07 Å². The number of carbonyl (C=O) groups is 2. The first-order valence-corrected chi connectivity index (χ1v) is 7.33. The predicted octanol–water partition coefficient (Wildman–Crippen LogP) is 2.07. The van der Waals surface area contributed by atoms with Crippen LogP contribution in [0.2, 0.25) is 0 Å². The van der Waals surface area contributed by atoms with Gasteiger partial charge in [0.2, 0.25) is 0 Å². The maximum absolute atomic E-state index is 12.1. The average Bonchev–Trinajstić information content (AvgIpc) is 2.40. The van der Waals surface area contributed by atoms with Crippen molar-refractivity contribution in [3.05, 3.63) is 0 Å². The van der Waals surface area contributed by atoms with E-state index in [-0.39, 0.29) is 29.3 Å². The number of carbonyl (C=O) groups excluding carboxylic acids is 1. The number of hydrogen-bond donors (Lipinski definition) is 2. The van der Waals surface area contributed by atoms with Crippen LogP contribution in [0.4, 0.5) is 4.79 Å². The summed E-state index contributed by atoms with van der Waals surface area (Å²) in [6, 6.07) is 1.77. The normalized spacial score (nSPS) is 27.5. The predicted molar refractivity (Wildman–Crippen MR) is 78.5 cm³/mol. The largest absolute Gasteiger partial charge is 0.481 e. The molecule has 3 unspecified atom stereocenters. The first kappa shape index (κ1) is 17.3. The van der Waals surface area contributed by atoms with E-state index in [2.05, 4.69) is 5.32 Å². The summed E-state index contributed by atoms with van der Waals surface area (Å²) in [6.07, 6.45) is 1.54. The van der Waals surface area contributed by atoms with Gasteiger partial charge < -0.3 is 15.3 Å². The summed E-state index contributed by atoms with van der Waals surface area (Å²) in [5.41, 5.74) is -0.368. The molecule has 2 N–H and O–H groups in total. The monoisotopic (exact) mass is 295 g/mol. The Labute approximate surface area is 126 Å². The van der Waals surface area contributed by atoms with E-state index in [0.29, 0.717) is 25.8 Å². The van der Waals surface area contributed by atoms with Gasteiger partial charge in [-0.15, -0.1) is 0 Å². The van der Waals surface area contributed by atoms with Crippen LogP contribution in [0.25, 0.3) is 0 Å². The molecule has 0 aromatic carbocycles. The van der Waals surface area contributed by atoms with Gasteiger partial charge in [0.15, 0.2) is 0 Å². The van der Waals surface area contributed by atoms with E-state index in [9.17, 15) is 14.7 Å². The number of urea groups is 1. The van der Waals surface area contributed by atoms with Crippen molar-refractivity contribution in [2.24, 2.45) is 17.3 Å². The molecule has 3 atom stereocenters. The Hall–Kier alpha value is -1.77. The first-order chi connectivity index (χ1) is 9.71. The maximum atomic E-state index is 12.1. The zero-order valence-corrected chi connectivity index (χ0v) is 13.2. The molecule has 1 aliphatic rings. The molecule has 0 bridgehead atoms. The highest BCUT2D eigenvalue weighted by Gasteiger charge is 2.46. The lowest BCUT2D eigenvalue weighted by Crippen LogP contribution is -2.54. The molecular formula is C15H25N3O3. The number of carboxylic acid groups (broad SMARTS) is 1. The average molecular weight is 295 g/mol. The van der Waals surface area contributed by atoms with E-state index in [1.54, 1.807) is 7.05 Å². The van der Waals surface area contributed by atoms with Crippen molar-refractivity contribution in [1.82, 2.24) is 10.2 Å². The lowest BCUT2D eigenvalue weighted by molar-refractivity contribution is -0.150. The van der Waals surface area contributed by atoms with Gasteiger partial charge in [0.25, 0.3) is 0 Å². The zero-order chi connectivity index (χ0) is 16.2. The summed E-state index contributed by atoms with van der Waals surface area (Å²) in [5, 5.41) is 20.8. The van der Waals surface area contributed by atoms with E-state index in [1.165, 1.54) is 4.90 Å². The molecule has 0 heterocycles. The van der Waals surface area contributed by atoms with Crippen LogP contribution in [0.5, 0.6) is 0 Å². The van der Waals surface area contributed by atoms with Gasteiger partial charge in [0.05, 0.1) is 18.4 Å². The zero-order valence-electron chi connectivity index (χ0n) is 13.2. The Kier molecular flexibility index (Phi) is 5.59. The SMILES string of the molecule is CC1C(NC(=O)N(C)CCC#N)CCC(C(=O)O)C1(C)C. The molecule has 6 nitrogen and oxygen atoms in total. The highest BCUT2D eigenvalue weighted by atomic mass is 16.4. The summed E-state index contributed by atoms with van der Waals surface area (Å²) in [5.74, 6) is -1.07. The van der Waals surface area contributed by atoms with Gasteiger partial charge in [-0.25, -0.2) is 4.79 Å². The molecule has 0 aliphatic heterocycles. The smallest absolute Gasteiger partial charge is 0.317 e. The summed E-state index contributed by atoms with van der Waals surface area (Å²) >= 11 is 0. The van der Waals surface area contributed by atoms with Crippen molar-refractivity contribution in [3.63, 3.8) is 0 Å². The van der Waals surface area contributed by atoms with E-state index < -0.39 is 5.97 Å². The molecule has 0 saturated heterocycles. The second-order valence-electron chi connectivity index (χ2n) is 6.46. The van der Waals surface area contributed by atoms with Crippen LogP contribution < -0.4 is 5.32 Å². The molecule has 21 heavy (non-hydrogen) atoms. The highest BCUT2D eigenvalue weighted by molar-refractivity contribution is 5.74. The molecule has 1 rings (SSSR count). The Morgan fingerprint density at radius 3 is 2.57 bits per heavy atom. The van der Waals surface area contributed by atoms with Crippen molar-refractivity contribution < 1.29 is 14.7 Å². The number of hydrogen-bond acceptors (Lipinski definition) is 3. The molecule has 0 aromatic rings. The van der Waals surface area contributed by atoms with Gasteiger partial charge in [0, 0.05) is 19.6 Å². The highest BCUT2D eigenvalue weighted by Crippen LogP contribution is 2.45. The number of carboxylic acids is 1. The van der Waals surface area contributed by atoms with Gasteiger partial charge >= 0.3 is 12.0 Å². The van der Waals surface area contributed by atoms with E-state index in [4.69, 9.17) is 5.26 Å². The fourth-order valence-electron chi connectivity index (χ4n) is 3.03. The van der Waals surface area contributed by atoms with Crippen LogP contribution in [-0.2, 0) is 4.79 Å². The first-order valence-electron chi connectivity index (χ1n) is 7.33. The molecule has 1 saturated carbocycles.